The molecule has 1 N–H and O–H groups in total. The second-order valence-electron chi connectivity index (χ2n) is 7.92. The van der Waals surface area contributed by atoms with E-state index in [1.807, 2.05) is 74.0 Å². The van der Waals surface area contributed by atoms with Crippen LogP contribution < -0.4 is 10.1 Å². The Morgan fingerprint density at radius 3 is 2.67 bits per heavy atom. The highest BCUT2D eigenvalue weighted by Crippen LogP contribution is 2.25. The Hall–Kier alpha value is -3.58. The molecule has 0 radical (unpaired) electrons. The summed E-state index contributed by atoms with van der Waals surface area (Å²) in [5, 5.41) is 12.2. The van der Waals surface area contributed by atoms with Gasteiger partial charge in [-0.2, -0.15) is 5.10 Å². The normalized spacial score (nSPS) is 10.9. The van der Waals surface area contributed by atoms with Gasteiger partial charge in [-0.1, -0.05) is 47.1 Å². The van der Waals surface area contributed by atoms with E-state index in [9.17, 15) is 4.79 Å². The number of aryl methyl sites for hydroxylation is 3. The van der Waals surface area contributed by atoms with E-state index in [0.29, 0.717) is 34.3 Å². The van der Waals surface area contributed by atoms with E-state index in [0.717, 1.165) is 22.6 Å². The summed E-state index contributed by atoms with van der Waals surface area (Å²) in [6, 6.07) is 15.3. The summed E-state index contributed by atoms with van der Waals surface area (Å²) in [5.74, 6) is 0.878. The summed E-state index contributed by atoms with van der Waals surface area (Å²) in [6.07, 6.45) is 0. The highest BCUT2D eigenvalue weighted by molar-refractivity contribution is 6.31. The molecule has 0 fully saturated rings. The molecule has 4 aromatic rings. The molecule has 1 amide bonds. The Morgan fingerprint density at radius 2 is 1.91 bits per heavy atom. The first kappa shape index (κ1) is 22.6. The number of benzene rings is 2. The van der Waals surface area contributed by atoms with E-state index in [-0.39, 0.29) is 18.2 Å². The predicted octanol–water partition coefficient (Wildman–Crippen LogP) is 5.64. The van der Waals surface area contributed by atoms with E-state index >= 15 is 0 Å². The molecule has 7 nitrogen and oxygen atoms in total. The molecule has 0 saturated carbocycles. The van der Waals surface area contributed by atoms with E-state index < -0.39 is 0 Å². The van der Waals surface area contributed by atoms with Gasteiger partial charge in [0.1, 0.15) is 18.1 Å². The molecule has 0 aliphatic carbocycles. The van der Waals surface area contributed by atoms with E-state index in [4.69, 9.17) is 20.9 Å². The molecule has 0 bridgehead atoms. The fourth-order valence-corrected chi connectivity index (χ4v) is 3.79. The first-order chi connectivity index (χ1) is 15.8. The molecule has 170 valence electrons. The summed E-state index contributed by atoms with van der Waals surface area (Å²) >= 11 is 6.30. The minimum Gasteiger partial charge on any atom is -0.489 e. The second-order valence-corrected chi connectivity index (χ2v) is 8.33. The zero-order valence-electron chi connectivity index (χ0n) is 19.0. The van der Waals surface area contributed by atoms with Gasteiger partial charge < -0.3 is 14.6 Å². The second kappa shape index (κ2) is 9.50. The van der Waals surface area contributed by atoms with Gasteiger partial charge >= 0.3 is 0 Å². The zero-order valence-corrected chi connectivity index (χ0v) is 19.7. The van der Waals surface area contributed by atoms with Crippen molar-refractivity contribution < 1.29 is 14.1 Å². The molecule has 2 heterocycles. The van der Waals surface area contributed by atoms with Gasteiger partial charge in [-0.3, -0.25) is 9.48 Å². The summed E-state index contributed by atoms with van der Waals surface area (Å²) in [7, 11) is 0. The highest BCUT2D eigenvalue weighted by Gasteiger charge is 2.23. The van der Waals surface area contributed by atoms with Crippen molar-refractivity contribution in [2.45, 2.75) is 40.8 Å². The number of nitrogens with zero attached hydrogens (tertiary/aromatic N) is 3. The number of halogens is 1. The molecule has 0 aliphatic heterocycles. The maximum absolute atomic E-state index is 13.1. The van der Waals surface area contributed by atoms with Crippen molar-refractivity contribution in [2.75, 3.05) is 5.32 Å². The van der Waals surface area contributed by atoms with Crippen molar-refractivity contribution in [3.63, 3.8) is 0 Å². The van der Waals surface area contributed by atoms with Crippen LogP contribution in [-0.4, -0.2) is 20.8 Å². The van der Waals surface area contributed by atoms with Crippen LogP contribution >= 0.6 is 11.6 Å². The maximum Gasteiger partial charge on any atom is 0.278 e. The Labute approximate surface area is 197 Å². The number of amides is 1. The molecule has 0 saturated heterocycles. The molecule has 8 heteroatoms. The zero-order chi connectivity index (χ0) is 23.5. The molecule has 2 aromatic heterocycles. The van der Waals surface area contributed by atoms with Gasteiger partial charge in [-0.25, -0.2) is 0 Å². The fraction of sp³-hybridized carbons (Fsp3) is 0.240. The van der Waals surface area contributed by atoms with Crippen molar-refractivity contribution in [3.8, 4) is 5.75 Å². The third kappa shape index (κ3) is 4.93. The Bertz CT molecular complexity index is 1310. The molecule has 0 aliphatic rings. The lowest BCUT2D eigenvalue weighted by Crippen LogP contribution is -2.16. The number of ether oxygens (including phenoxy) is 1. The third-order valence-electron chi connectivity index (χ3n) is 5.47. The average Bonchev–Trinajstić information content (AvgIpc) is 3.28. The van der Waals surface area contributed by atoms with E-state index in [1.54, 1.807) is 6.92 Å². The number of anilines is 1. The van der Waals surface area contributed by atoms with Crippen LogP contribution in [0.25, 0.3) is 0 Å². The van der Waals surface area contributed by atoms with Gasteiger partial charge in [0, 0.05) is 5.02 Å². The van der Waals surface area contributed by atoms with Gasteiger partial charge in [0.15, 0.2) is 5.69 Å². The highest BCUT2D eigenvalue weighted by atomic mass is 35.5. The lowest BCUT2D eigenvalue weighted by atomic mass is 10.2. The topological polar surface area (TPSA) is 82.2 Å². The molecule has 4 rings (SSSR count). The first-order valence-corrected chi connectivity index (χ1v) is 10.9. The predicted molar refractivity (Wildman–Crippen MR) is 127 cm³/mol. The van der Waals surface area contributed by atoms with Crippen LogP contribution in [0.2, 0.25) is 5.02 Å². The Balaban J connectivity index is 1.52. The number of aromatic nitrogens is 3. The number of carbonyl (C=O) groups excluding carboxylic acids is 1. The van der Waals surface area contributed by atoms with Gasteiger partial charge in [-0.05, 0) is 57.0 Å². The summed E-state index contributed by atoms with van der Waals surface area (Å²) < 4.78 is 13.0. The van der Waals surface area contributed by atoms with Crippen LogP contribution in [0.3, 0.4) is 0 Å². The third-order valence-corrected chi connectivity index (χ3v) is 5.84. The Morgan fingerprint density at radius 1 is 1.12 bits per heavy atom. The van der Waals surface area contributed by atoms with Crippen molar-refractivity contribution in [1.82, 2.24) is 14.9 Å². The van der Waals surface area contributed by atoms with Gasteiger partial charge in [0.2, 0.25) is 0 Å². The minimum absolute atomic E-state index is 0.172. The molecular formula is C25H25ClN4O3. The van der Waals surface area contributed by atoms with Crippen molar-refractivity contribution in [2.24, 2.45) is 0 Å². The molecule has 0 atom stereocenters. The van der Waals surface area contributed by atoms with Gasteiger partial charge in [0.25, 0.3) is 5.91 Å². The van der Waals surface area contributed by atoms with Crippen LogP contribution in [0.15, 0.2) is 53.1 Å². The van der Waals surface area contributed by atoms with Crippen molar-refractivity contribution in [1.29, 1.82) is 0 Å². The molecular weight excluding hydrogens is 440 g/mol. The quantitative estimate of drug-likeness (QED) is 0.383. The van der Waals surface area contributed by atoms with Crippen LogP contribution in [0.1, 0.15) is 44.3 Å². The average molecular weight is 465 g/mol. The van der Waals surface area contributed by atoms with Gasteiger partial charge in [0.05, 0.1) is 29.2 Å². The number of nitrogens with one attached hydrogen (secondary N) is 1. The minimum atomic E-state index is -0.377. The molecule has 0 spiro atoms. The number of hydrogen-bond acceptors (Lipinski definition) is 5. The summed E-state index contributed by atoms with van der Waals surface area (Å²) in [5.41, 5.74) is 4.99. The smallest absolute Gasteiger partial charge is 0.278 e. The van der Waals surface area contributed by atoms with Crippen LogP contribution in [0, 0.1) is 27.7 Å². The van der Waals surface area contributed by atoms with E-state index in [1.165, 1.54) is 0 Å². The number of rotatable bonds is 7. The fourth-order valence-electron chi connectivity index (χ4n) is 3.59. The van der Waals surface area contributed by atoms with E-state index in [2.05, 4.69) is 15.6 Å². The molecule has 2 aromatic carbocycles. The largest absolute Gasteiger partial charge is 0.489 e. The lowest BCUT2D eigenvalue weighted by molar-refractivity contribution is 0.101. The lowest BCUT2D eigenvalue weighted by Gasteiger charge is -2.09. The van der Waals surface area contributed by atoms with Crippen molar-refractivity contribution in [3.05, 3.63) is 93.1 Å². The monoisotopic (exact) mass is 464 g/mol. The number of hydrogen-bond donors (Lipinski definition) is 1. The first-order valence-electron chi connectivity index (χ1n) is 10.6. The van der Waals surface area contributed by atoms with Crippen LogP contribution in [0.5, 0.6) is 5.75 Å². The van der Waals surface area contributed by atoms with Crippen LogP contribution in [0.4, 0.5) is 5.69 Å². The maximum atomic E-state index is 13.1. The number of carbonyl (C=O) groups is 1. The van der Waals surface area contributed by atoms with Gasteiger partial charge in [-0.15, -0.1) is 0 Å². The molecule has 0 unspecified atom stereocenters. The SMILES string of the molecule is Cc1cccc(OCc2c(C(=O)Nc3c(C)nn(Cc4ccccc4Cl)c3C)noc2C)c1. The standard InChI is InChI=1S/C25H25ClN4O3/c1-15-8-7-10-20(12-15)32-14-21-18(4)33-29-24(21)25(31)27-23-16(2)28-30(17(23)3)13-19-9-5-6-11-22(19)26/h5-12H,13-14H2,1-4H3,(H,27,31). The summed E-state index contributed by atoms with van der Waals surface area (Å²) in [4.78, 5) is 13.1. The van der Waals surface area contributed by atoms with Crippen LogP contribution in [-0.2, 0) is 13.2 Å². The Kier molecular flexibility index (Phi) is 6.51. The van der Waals surface area contributed by atoms with Crippen molar-refractivity contribution >= 4 is 23.2 Å². The summed E-state index contributed by atoms with van der Waals surface area (Å²) in [6.45, 7) is 8.18. The molecule has 33 heavy (non-hydrogen) atoms.